The lowest BCUT2D eigenvalue weighted by Gasteiger charge is -2.22. The lowest BCUT2D eigenvalue weighted by molar-refractivity contribution is 0.297. The second-order valence-electron chi connectivity index (χ2n) is 7.19. The van der Waals surface area contributed by atoms with E-state index >= 15 is 0 Å². The van der Waals surface area contributed by atoms with Crippen molar-refractivity contribution in [1.82, 2.24) is 24.9 Å². The maximum absolute atomic E-state index is 4.83. The molecule has 0 aliphatic rings. The normalized spacial score (nSPS) is 11.8. The average Bonchev–Trinajstić information content (AvgIpc) is 2.97. The fourth-order valence-corrected chi connectivity index (χ4v) is 3.13. The van der Waals surface area contributed by atoms with Crippen LogP contribution >= 0.6 is 24.0 Å². The molecule has 1 heterocycles. The van der Waals surface area contributed by atoms with Crippen molar-refractivity contribution < 1.29 is 0 Å². The molecular formula is C20H41IN6. The Labute approximate surface area is 183 Å². The van der Waals surface area contributed by atoms with Gasteiger partial charge in [-0.2, -0.15) is 5.10 Å². The van der Waals surface area contributed by atoms with Gasteiger partial charge in [0.1, 0.15) is 0 Å². The van der Waals surface area contributed by atoms with Crippen LogP contribution in [0.15, 0.2) is 11.2 Å². The number of guanidine groups is 1. The van der Waals surface area contributed by atoms with Gasteiger partial charge in [-0.25, -0.2) is 0 Å². The molecule has 1 aromatic heterocycles. The SMILES string of the molecule is CCNC(=NCCCCN(CC)CC)N(C)Cc1cn(C)nc1C(C)C.I. The first-order valence-electron chi connectivity index (χ1n) is 10.2. The largest absolute Gasteiger partial charge is 0.357 e. The summed E-state index contributed by atoms with van der Waals surface area (Å²) in [7, 11) is 4.10. The molecule has 27 heavy (non-hydrogen) atoms. The Morgan fingerprint density at radius 2 is 1.89 bits per heavy atom. The zero-order valence-corrected chi connectivity index (χ0v) is 20.8. The number of nitrogens with one attached hydrogen (secondary N) is 1. The van der Waals surface area contributed by atoms with Gasteiger partial charge in [0.05, 0.1) is 5.69 Å². The molecule has 0 saturated heterocycles. The van der Waals surface area contributed by atoms with Crippen LogP contribution in [0.3, 0.4) is 0 Å². The molecule has 0 bridgehead atoms. The van der Waals surface area contributed by atoms with Crippen molar-refractivity contribution in [2.45, 2.75) is 59.9 Å². The summed E-state index contributed by atoms with van der Waals surface area (Å²) in [4.78, 5) is 9.50. The lowest BCUT2D eigenvalue weighted by atomic mass is 10.1. The highest BCUT2D eigenvalue weighted by Crippen LogP contribution is 2.18. The molecule has 1 rings (SSSR count). The van der Waals surface area contributed by atoms with Gasteiger partial charge in [0.15, 0.2) is 5.96 Å². The molecule has 1 aromatic rings. The highest BCUT2D eigenvalue weighted by atomic mass is 127. The van der Waals surface area contributed by atoms with Crippen molar-refractivity contribution in [2.75, 3.05) is 39.8 Å². The third-order valence-electron chi connectivity index (χ3n) is 4.63. The molecule has 0 aliphatic carbocycles. The predicted molar refractivity (Wildman–Crippen MR) is 127 cm³/mol. The van der Waals surface area contributed by atoms with E-state index in [0.717, 1.165) is 45.1 Å². The van der Waals surface area contributed by atoms with Crippen molar-refractivity contribution in [3.8, 4) is 0 Å². The second kappa shape index (κ2) is 14.2. The minimum absolute atomic E-state index is 0. The van der Waals surface area contributed by atoms with Crippen LogP contribution in [0.5, 0.6) is 0 Å². The number of halogens is 1. The second-order valence-corrected chi connectivity index (χ2v) is 7.19. The van der Waals surface area contributed by atoms with Gasteiger partial charge in [0.25, 0.3) is 0 Å². The van der Waals surface area contributed by atoms with Crippen LogP contribution in [0.25, 0.3) is 0 Å². The summed E-state index contributed by atoms with van der Waals surface area (Å²) in [6.07, 6.45) is 4.46. The topological polar surface area (TPSA) is 48.7 Å². The minimum atomic E-state index is 0. The Morgan fingerprint density at radius 3 is 2.44 bits per heavy atom. The van der Waals surface area contributed by atoms with Gasteiger partial charge in [-0.3, -0.25) is 9.67 Å². The molecule has 7 heteroatoms. The van der Waals surface area contributed by atoms with Crippen molar-refractivity contribution in [2.24, 2.45) is 12.0 Å². The lowest BCUT2D eigenvalue weighted by Crippen LogP contribution is -2.38. The Bertz CT molecular complexity index is 537. The Morgan fingerprint density at radius 1 is 1.22 bits per heavy atom. The summed E-state index contributed by atoms with van der Waals surface area (Å²) in [6, 6.07) is 0. The zero-order valence-electron chi connectivity index (χ0n) is 18.5. The van der Waals surface area contributed by atoms with E-state index in [9.17, 15) is 0 Å². The van der Waals surface area contributed by atoms with Crippen LogP contribution in [-0.2, 0) is 13.6 Å². The number of nitrogens with zero attached hydrogens (tertiary/aromatic N) is 5. The minimum Gasteiger partial charge on any atom is -0.357 e. The van der Waals surface area contributed by atoms with Gasteiger partial charge in [-0.15, -0.1) is 24.0 Å². The summed E-state index contributed by atoms with van der Waals surface area (Å²) in [5.41, 5.74) is 2.45. The molecule has 6 nitrogen and oxygen atoms in total. The Hall–Kier alpha value is -0.830. The summed E-state index contributed by atoms with van der Waals surface area (Å²) in [5, 5.41) is 8.03. The highest BCUT2D eigenvalue weighted by molar-refractivity contribution is 14.0. The van der Waals surface area contributed by atoms with E-state index < -0.39 is 0 Å². The van der Waals surface area contributed by atoms with E-state index in [1.165, 1.54) is 24.2 Å². The third-order valence-corrected chi connectivity index (χ3v) is 4.63. The third kappa shape index (κ3) is 9.27. The summed E-state index contributed by atoms with van der Waals surface area (Å²) < 4.78 is 1.91. The molecule has 1 N–H and O–H groups in total. The first-order valence-corrected chi connectivity index (χ1v) is 10.2. The van der Waals surface area contributed by atoms with Crippen LogP contribution in [0.1, 0.15) is 64.6 Å². The predicted octanol–water partition coefficient (Wildman–Crippen LogP) is 3.68. The molecule has 0 spiro atoms. The van der Waals surface area contributed by atoms with Gasteiger partial charge >= 0.3 is 0 Å². The van der Waals surface area contributed by atoms with Gasteiger partial charge in [-0.1, -0.05) is 27.7 Å². The molecular weight excluding hydrogens is 451 g/mol. The number of rotatable bonds is 11. The van der Waals surface area contributed by atoms with Crippen LogP contribution in [0.2, 0.25) is 0 Å². The molecule has 0 aliphatic heterocycles. The smallest absolute Gasteiger partial charge is 0.193 e. The number of aromatic nitrogens is 2. The Balaban J connectivity index is 0.00000676. The van der Waals surface area contributed by atoms with Crippen LogP contribution in [0, 0.1) is 0 Å². The van der Waals surface area contributed by atoms with E-state index in [2.05, 4.69) is 68.1 Å². The molecule has 0 amide bonds. The van der Waals surface area contributed by atoms with Gasteiger partial charge in [0, 0.05) is 45.5 Å². The van der Waals surface area contributed by atoms with Gasteiger partial charge in [-0.05, 0) is 45.3 Å². The number of unbranched alkanes of at least 4 members (excludes halogenated alkanes) is 1. The maximum atomic E-state index is 4.83. The number of hydrogen-bond donors (Lipinski definition) is 1. The summed E-state index contributed by atoms with van der Waals surface area (Å²) in [6.45, 7) is 17.0. The van der Waals surface area contributed by atoms with Crippen molar-refractivity contribution in [1.29, 1.82) is 0 Å². The molecule has 0 unspecified atom stereocenters. The summed E-state index contributed by atoms with van der Waals surface area (Å²) >= 11 is 0. The first kappa shape index (κ1) is 26.2. The van der Waals surface area contributed by atoms with Gasteiger partial charge < -0.3 is 15.1 Å². The molecule has 0 fully saturated rings. The summed E-state index contributed by atoms with van der Waals surface area (Å²) in [5.74, 6) is 1.41. The van der Waals surface area contributed by atoms with Crippen molar-refractivity contribution >= 4 is 29.9 Å². The quantitative estimate of drug-likeness (QED) is 0.222. The highest BCUT2D eigenvalue weighted by Gasteiger charge is 2.15. The van der Waals surface area contributed by atoms with E-state index in [-0.39, 0.29) is 24.0 Å². The monoisotopic (exact) mass is 492 g/mol. The maximum Gasteiger partial charge on any atom is 0.193 e. The standard InChI is InChI=1S/C20H40N6.HI/c1-8-21-20(22-13-11-12-14-26(9-2)10-3)24(6)15-18-16-25(7)23-19(18)17(4)5;/h16-17H,8-15H2,1-7H3,(H,21,22);1H. The van der Waals surface area contributed by atoms with Crippen molar-refractivity contribution in [3.63, 3.8) is 0 Å². The zero-order chi connectivity index (χ0) is 19.5. The van der Waals surface area contributed by atoms with E-state index in [4.69, 9.17) is 4.99 Å². The van der Waals surface area contributed by atoms with Gasteiger partial charge in [0.2, 0.25) is 0 Å². The molecule has 0 aromatic carbocycles. The number of aryl methyl sites for hydroxylation is 1. The molecule has 0 radical (unpaired) electrons. The van der Waals surface area contributed by atoms with Crippen LogP contribution < -0.4 is 5.32 Å². The van der Waals surface area contributed by atoms with Crippen molar-refractivity contribution in [3.05, 3.63) is 17.5 Å². The van der Waals surface area contributed by atoms with E-state index in [1.54, 1.807) is 0 Å². The molecule has 0 saturated carbocycles. The van der Waals surface area contributed by atoms with E-state index in [0.29, 0.717) is 5.92 Å². The Kier molecular flexibility index (Phi) is 13.8. The number of aliphatic imine (C=N–C) groups is 1. The molecule has 158 valence electrons. The average molecular weight is 492 g/mol. The number of hydrogen-bond acceptors (Lipinski definition) is 3. The van der Waals surface area contributed by atoms with Crippen LogP contribution in [0.4, 0.5) is 0 Å². The van der Waals surface area contributed by atoms with Crippen LogP contribution in [-0.4, -0.2) is 65.3 Å². The first-order chi connectivity index (χ1) is 12.4. The molecule has 0 atom stereocenters. The fourth-order valence-electron chi connectivity index (χ4n) is 3.13. The fraction of sp³-hybridized carbons (Fsp3) is 0.800. The van der Waals surface area contributed by atoms with E-state index in [1.807, 2.05) is 11.7 Å².